The fourth-order valence-electron chi connectivity index (χ4n) is 2.87. The van der Waals surface area contributed by atoms with Crippen LogP contribution in [0, 0.1) is 0 Å². The lowest BCUT2D eigenvalue weighted by Gasteiger charge is -2.12. The smallest absolute Gasteiger partial charge is 0.315 e. The van der Waals surface area contributed by atoms with E-state index in [9.17, 15) is 4.79 Å². The molecule has 2 heterocycles. The van der Waals surface area contributed by atoms with E-state index in [0.717, 1.165) is 27.5 Å². The highest BCUT2D eigenvalue weighted by molar-refractivity contribution is 7.15. The summed E-state index contributed by atoms with van der Waals surface area (Å²) in [5.41, 5.74) is 2.96. The van der Waals surface area contributed by atoms with Crippen molar-refractivity contribution in [3.63, 3.8) is 0 Å². The zero-order valence-electron chi connectivity index (χ0n) is 15.2. The Hall–Kier alpha value is -3.32. The lowest BCUT2D eigenvalue weighted by molar-refractivity contribution is 0.236. The predicted molar refractivity (Wildman–Crippen MR) is 111 cm³/mol. The molecule has 0 aliphatic rings. The van der Waals surface area contributed by atoms with Crippen LogP contribution in [0.1, 0.15) is 5.69 Å². The molecule has 2 amide bonds. The molecule has 0 bridgehead atoms. The van der Waals surface area contributed by atoms with Crippen molar-refractivity contribution in [1.29, 1.82) is 0 Å². The van der Waals surface area contributed by atoms with Crippen molar-refractivity contribution < 1.29 is 9.53 Å². The second-order valence-electron chi connectivity index (χ2n) is 6.15. The number of urea groups is 1. The van der Waals surface area contributed by atoms with Gasteiger partial charge in [-0.3, -0.25) is 4.40 Å². The highest BCUT2D eigenvalue weighted by Crippen LogP contribution is 2.29. The van der Waals surface area contributed by atoms with Gasteiger partial charge < -0.3 is 15.4 Å². The summed E-state index contributed by atoms with van der Waals surface area (Å²) in [6, 6.07) is 17.7. The minimum Gasteiger partial charge on any atom is -0.491 e. The number of benzene rings is 2. The molecule has 0 saturated carbocycles. The van der Waals surface area contributed by atoms with Crippen molar-refractivity contribution in [2.24, 2.45) is 0 Å². The van der Waals surface area contributed by atoms with Crippen LogP contribution < -0.4 is 15.4 Å². The normalized spacial score (nSPS) is 10.7. The molecule has 0 fully saturated rings. The minimum absolute atomic E-state index is 0.240. The third kappa shape index (κ3) is 4.32. The first kappa shape index (κ1) is 18.1. The van der Waals surface area contributed by atoms with Gasteiger partial charge in [0.15, 0.2) is 4.96 Å². The number of hydrogen-bond donors (Lipinski definition) is 2. The zero-order valence-corrected chi connectivity index (χ0v) is 16.0. The number of nitrogens with one attached hydrogen (secondary N) is 2. The third-order valence-corrected chi connectivity index (χ3v) is 4.96. The number of thiazole rings is 1. The molecule has 2 aromatic heterocycles. The molecule has 142 valence electrons. The zero-order chi connectivity index (χ0) is 19.2. The second kappa shape index (κ2) is 8.58. The van der Waals surface area contributed by atoms with Gasteiger partial charge in [-0.1, -0.05) is 48.5 Å². The van der Waals surface area contributed by atoms with Crippen molar-refractivity contribution in [1.82, 2.24) is 20.0 Å². The maximum Gasteiger partial charge on any atom is 0.315 e. The fourth-order valence-corrected chi connectivity index (χ4v) is 3.59. The number of hydrogen-bond acceptors (Lipinski definition) is 4. The van der Waals surface area contributed by atoms with E-state index in [4.69, 9.17) is 4.74 Å². The molecule has 0 atom stereocenters. The molecular formula is C21H20N4O2S. The van der Waals surface area contributed by atoms with Crippen LogP contribution in [-0.4, -0.2) is 28.6 Å². The Balaban J connectivity index is 1.23. The molecule has 28 heavy (non-hydrogen) atoms. The van der Waals surface area contributed by atoms with Crippen molar-refractivity contribution in [3.8, 4) is 16.9 Å². The summed E-state index contributed by atoms with van der Waals surface area (Å²) >= 11 is 1.56. The van der Waals surface area contributed by atoms with Gasteiger partial charge in [-0.25, -0.2) is 9.78 Å². The maximum absolute atomic E-state index is 12.0. The number of imidazole rings is 1. The van der Waals surface area contributed by atoms with Crippen LogP contribution in [0.15, 0.2) is 72.4 Å². The Morgan fingerprint density at radius 2 is 1.89 bits per heavy atom. The number of carbonyl (C=O) groups excluding carboxylic acids is 1. The molecular weight excluding hydrogens is 372 g/mol. The van der Waals surface area contributed by atoms with Gasteiger partial charge in [-0.2, -0.15) is 0 Å². The number of para-hydroxylation sites is 1. The summed E-state index contributed by atoms with van der Waals surface area (Å²) in [6.45, 7) is 1.18. The molecule has 6 nitrogen and oxygen atoms in total. The van der Waals surface area contributed by atoms with Crippen LogP contribution in [0.5, 0.6) is 5.75 Å². The Morgan fingerprint density at radius 1 is 1.07 bits per heavy atom. The summed E-state index contributed by atoms with van der Waals surface area (Å²) in [5, 5.41) is 7.59. The second-order valence-corrected chi connectivity index (χ2v) is 7.02. The van der Waals surface area contributed by atoms with Gasteiger partial charge in [0.25, 0.3) is 0 Å². The van der Waals surface area contributed by atoms with Gasteiger partial charge in [-0.05, 0) is 11.6 Å². The number of ether oxygens (including phenoxy) is 1. The van der Waals surface area contributed by atoms with Crippen molar-refractivity contribution in [2.75, 3.05) is 13.2 Å². The molecule has 4 aromatic rings. The predicted octanol–water partition coefficient (Wildman–Crippen LogP) is 3.94. The first-order valence-corrected chi connectivity index (χ1v) is 9.87. The van der Waals surface area contributed by atoms with Crippen LogP contribution in [-0.2, 0) is 6.54 Å². The fraction of sp³-hybridized carbons (Fsp3) is 0.143. The number of fused-ring (bicyclic) bond motifs is 1. The van der Waals surface area contributed by atoms with Crippen molar-refractivity contribution in [3.05, 3.63) is 78.1 Å². The first-order chi connectivity index (χ1) is 13.8. The molecule has 2 aromatic carbocycles. The Morgan fingerprint density at radius 3 is 2.75 bits per heavy atom. The van der Waals surface area contributed by atoms with E-state index in [0.29, 0.717) is 19.7 Å². The topological polar surface area (TPSA) is 67.7 Å². The van der Waals surface area contributed by atoms with Crippen molar-refractivity contribution >= 4 is 22.3 Å². The summed E-state index contributed by atoms with van der Waals surface area (Å²) in [4.78, 5) is 17.3. The highest BCUT2D eigenvalue weighted by Gasteiger charge is 2.07. The van der Waals surface area contributed by atoms with E-state index in [-0.39, 0.29) is 6.03 Å². The Labute approximate surface area is 166 Å². The Bertz CT molecular complexity index is 1030. The van der Waals surface area contributed by atoms with Gasteiger partial charge in [0.1, 0.15) is 12.4 Å². The van der Waals surface area contributed by atoms with Crippen LogP contribution in [0.25, 0.3) is 16.1 Å². The SMILES string of the molecule is O=C(NCCOc1ccccc1-c1ccccc1)NCc1cn2ccsc2n1. The van der Waals surface area contributed by atoms with Crippen LogP contribution >= 0.6 is 11.3 Å². The Kier molecular flexibility index (Phi) is 5.53. The average molecular weight is 392 g/mol. The molecule has 0 spiro atoms. The van der Waals surface area contributed by atoms with E-state index in [1.807, 2.05) is 76.8 Å². The maximum atomic E-state index is 12.0. The highest BCUT2D eigenvalue weighted by atomic mass is 32.1. The molecule has 4 rings (SSSR count). The van der Waals surface area contributed by atoms with Crippen LogP contribution in [0.2, 0.25) is 0 Å². The van der Waals surface area contributed by atoms with E-state index in [2.05, 4.69) is 15.6 Å². The van der Waals surface area contributed by atoms with E-state index < -0.39 is 0 Å². The average Bonchev–Trinajstić information content (AvgIpc) is 3.32. The lowest BCUT2D eigenvalue weighted by atomic mass is 10.1. The molecule has 0 aliphatic carbocycles. The first-order valence-electron chi connectivity index (χ1n) is 8.99. The van der Waals surface area contributed by atoms with E-state index >= 15 is 0 Å². The van der Waals surface area contributed by atoms with Gasteiger partial charge in [0, 0.05) is 23.3 Å². The summed E-state index contributed by atoms with van der Waals surface area (Å²) in [7, 11) is 0. The number of aromatic nitrogens is 2. The molecule has 0 unspecified atom stereocenters. The quantitative estimate of drug-likeness (QED) is 0.468. The number of amides is 2. The lowest BCUT2D eigenvalue weighted by Crippen LogP contribution is -2.37. The summed E-state index contributed by atoms with van der Waals surface area (Å²) in [6.07, 6.45) is 3.86. The standard InChI is InChI=1S/C21H20N4O2S/c26-20(23-14-17-15-25-11-13-28-21(25)24-17)22-10-12-27-19-9-5-4-8-18(19)16-6-2-1-3-7-16/h1-9,11,13,15H,10,12,14H2,(H2,22,23,26). The van der Waals surface area contributed by atoms with Gasteiger partial charge in [0.05, 0.1) is 18.8 Å². The molecule has 0 radical (unpaired) electrons. The van der Waals surface area contributed by atoms with Gasteiger partial charge in [-0.15, -0.1) is 11.3 Å². The number of nitrogens with zero attached hydrogens (tertiary/aromatic N) is 2. The largest absolute Gasteiger partial charge is 0.491 e. The summed E-state index contributed by atoms with van der Waals surface area (Å²) in [5.74, 6) is 0.800. The summed E-state index contributed by atoms with van der Waals surface area (Å²) < 4.78 is 7.82. The van der Waals surface area contributed by atoms with Crippen molar-refractivity contribution in [2.45, 2.75) is 6.54 Å². The third-order valence-electron chi connectivity index (χ3n) is 4.19. The molecule has 0 saturated heterocycles. The van der Waals surface area contributed by atoms with Crippen LogP contribution in [0.4, 0.5) is 4.79 Å². The number of rotatable bonds is 7. The van der Waals surface area contributed by atoms with Gasteiger partial charge >= 0.3 is 6.03 Å². The monoisotopic (exact) mass is 392 g/mol. The molecule has 0 aliphatic heterocycles. The minimum atomic E-state index is -0.240. The van der Waals surface area contributed by atoms with E-state index in [1.165, 1.54) is 0 Å². The van der Waals surface area contributed by atoms with Crippen LogP contribution in [0.3, 0.4) is 0 Å². The number of carbonyl (C=O) groups is 1. The molecule has 2 N–H and O–H groups in total. The molecule has 7 heteroatoms. The van der Waals surface area contributed by atoms with Gasteiger partial charge in [0.2, 0.25) is 0 Å². The van der Waals surface area contributed by atoms with E-state index in [1.54, 1.807) is 11.3 Å².